The fourth-order valence-electron chi connectivity index (χ4n) is 1.80. The van der Waals surface area contributed by atoms with Gasteiger partial charge in [-0.3, -0.25) is 4.79 Å². The fraction of sp³-hybridized carbons (Fsp3) is 0.154. The lowest BCUT2D eigenvalue weighted by Crippen LogP contribution is -2.15. The molecule has 1 unspecified atom stereocenters. The number of nitrogens with one attached hydrogen (secondary N) is 1. The van der Waals surface area contributed by atoms with Crippen LogP contribution in [0.4, 0.5) is 4.39 Å². The lowest BCUT2D eigenvalue weighted by atomic mass is 9.96. The largest absolute Gasteiger partial charge is 0.481 e. The summed E-state index contributed by atoms with van der Waals surface area (Å²) in [7, 11) is 0. The molecule has 1 aromatic carbocycles. The van der Waals surface area contributed by atoms with Crippen molar-refractivity contribution in [2.24, 2.45) is 0 Å². The number of nitrogens with zero attached hydrogens (tertiary/aromatic N) is 2. The van der Waals surface area contributed by atoms with Gasteiger partial charge in [-0.05, 0) is 24.1 Å². The number of carbonyl (C=O) groups is 1. The number of hydrogen-bond acceptors (Lipinski definition) is 3. The first-order valence-corrected chi connectivity index (χ1v) is 5.51. The molecule has 0 saturated carbocycles. The van der Waals surface area contributed by atoms with Crippen LogP contribution in [-0.4, -0.2) is 21.0 Å². The summed E-state index contributed by atoms with van der Waals surface area (Å²) >= 11 is 0. The number of imidazole rings is 1. The first-order valence-electron chi connectivity index (χ1n) is 5.51. The van der Waals surface area contributed by atoms with Crippen LogP contribution in [0.25, 0.3) is 0 Å². The fourth-order valence-corrected chi connectivity index (χ4v) is 1.80. The quantitative estimate of drug-likeness (QED) is 0.876. The third kappa shape index (κ3) is 2.77. The summed E-state index contributed by atoms with van der Waals surface area (Å²) < 4.78 is 13.5. The van der Waals surface area contributed by atoms with E-state index in [2.05, 4.69) is 9.97 Å². The number of aliphatic carboxylic acids is 1. The molecule has 0 aliphatic heterocycles. The highest BCUT2D eigenvalue weighted by Gasteiger charge is 2.22. The van der Waals surface area contributed by atoms with E-state index in [1.165, 1.54) is 24.7 Å². The Labute approximate surface area is 108 Å². The van der Waals surface area contributed by atoms with Crippen LogP contribution in [0.2, 0.25) is 0 Å². The van der Waals surface area contributed by atoms with Gasteiger partial charge < -0.3 is 10.1 Å². The summed E-state index contributed by atoms with van der Waals surface area (Å²) in [6.45, 7) is 0. The number of hydrogen-bond donors (Lipinski definition) is 2. The number of benzene rings is 1. The molecule has 0 fully saturated rings. The molecule has 1 heterocycles. The summed E-state index contributed by atoms with van der Waals surface area (Å²) in [6, 6.07) is 5.80. The first kappa shape index (κ1) is 12.8. The molecule has 19 heavy (non-hydrogen) atoms. The van der Waals surface area contributed by atoms with Gasteiger partial charge in [-0.2, -0.15) is 5.26 Å². The minimum Gasteiger partial charge on any atom is -0.481 e. The molecule has 0 bridgehead atoms. The zero-order chi connectivity index (χ0) is 13.8. The number of carboxylic acids is 1. The second-order valence-corrected chi connectivity index (χ2v) is 4.03. The van der Waals surface area contributed by atoms with Crippen molar-refractivity contribution in [2.45, 2.75) is 12.3 Å². The normalized spacial score (nSPS) is 11.8. The van der Waals surface area contributed by atoms with Crippen LogP contribution >= 0.6 is 0 Å². The van der Waals surface area contributed by atoms with Crippen LogP contribution in [0.15, 0.2) is 30.7 Å². The van der Waals surface area contributed by atoms with Crippen LogP contribution in [0.1, 0.15) is 22.7 Å². The average Bonchev–Trinajstić information content (AvgIpc) is 2.89. The molecule has 96 valence electrons. The summed E-state index contributed by atoms with van der Waals surface area (Å²) in [5.74, 6) is -2.49. The number of carboxylic acid groups (broad SMARTS) is 1. The summed E-state index contributed by atoms with van der Waals surface area (Å²) in [5.41, 5.74) is 0.910. The van der Waals surface area contributed by atoms with E-state index >= 15 is 0 Å². The zero-order valence-corrected chi connectivity index (χ0v) is 9.80. The van der Waals surface area contributed by atoms with Gasteiger partial charge in [-0.25, -0.2) is 9.37 Å². The number of rotatable bonds is 4. The van der Waals surface area contributed by atoms with Gasteiger partial charge >= 0.3 is 5.97 Å². The van der Waals surface area contributed by atoms with Crippen molar-refractivity contribution in [3.8, 4) is 6.07 Å². The maximum atomic E-state index is 13.5. The van der Waals surface area contributed by atoms with E-state index in [4.69, 9.17) is 5.26 Å². The molecule has 1 atom stereocenters. The molecule has 6 heteroatoms. The van der Waals surface area contributed by atoms with E-state index in [9.17, 15) is 14.3 Å². The molecular formula is C13H10FN3O2. The molecule has 0 saturated heterocycles. The highest BCUT2D eigenvalue weighted by Crippen LogP contribution is 2.20. The molecule has 2 rings (SSSR count). The van der Waals surface area contributed by atoms with Crippen LogP contribution in [0, 0.1) is 17.1 Å². The van der Waals surface area contributed by atoms with Gasteiger partial charge in [-0.1, -0.05) is 6.07 Å². The monoisotopic (exact) mass is 259 g/mol. The van der Waals surface area contributed by atoms with Gasteiger partial charge in [0.05, 0.1) is 11.9 Å². The van der Waals surface area contributed by atoms with Gasteiger partial charge in [-0.15, -0.1) is 0 Å². The van der Waals surface area contributed by atoms with Crippen molar-refractivity contribution in [2.75, 3.05) is 0 Å². The number of halogens is 1. The van der Waals surface area contributed by atoms with Gasteiger partial charge in [0.25, 0.3) is 0 Å². The number of H-pyrrole nitrogens is 1. The summed E-state index contributed by atoms with van der Waals surface area (Å²) in [4.78, 5) is 17.7. The number of aromatic amines is 1. The van der Waals surface area contributed by atoms with E-state index in [1.54, 1.807) is 12.1 Å². The van der Waals surface area contributed by atoms with Crippen LogP contribution < -0.4 is 0 Å². The van der Waals surface area contributed by atoms with Crippen LogP contribution in [0.3, 0.4) is 0 Å². The minimum absolute atomic E-state index is 0.0582. The van der Waals surface area contributed by atoms with Gasteiger partial charge in [0.15, 0.2) is 0 Å². The Morgan fingerprint density at radius 1 is 1.58 bits per heavy atom. The van der Waals surface area contributed by atoms with Gasteiger partial charge in [0.1, 0.15) is 17.8 Å². The molecule has 0 aliphatic carbocycles. The number of aromatic nitrogens is 2. The Morgan fingerprint density at radius 3 is 2.89 bits per heavy atom. The van der Waals surface area contributed by atoms with Gasteiger partial charge in [0.2, 0.25) is 0 Å². The van der Waals surface area contributed by atoms with Crippen molar-refractivity contribution in [3.63, 3.8) is 0 Å². The van der Waals surface area contributed by atoms with E-state index < -0.39 is 17.7 Å². The van der Waals surface area contributed by atoms with Crippen molar-refractivity contribution in [1.29, 1.82) is 5.26 Å². The molecule has 5 nitrogen and oxygen atoms in total. The van der Waals surface area contributed by atoms with E-state index in [-0.39, 0.29) is 12.0 Å². The van der Waals surface area contributed by atoms with Crippen LogP contribution in [-0.2, 0) is 11.2 Å². The zero-order valence-electron chi connectivity index (χ0n) is 9.80. The minimum atomic E-state index is -1.02. The van der Waals surface area contributed by atoms with E-state index in [0.29, 0.717) is 11.3 Å². The lowest BCUT2D eigenvalue weighted by molar-refractivity contribution is -0.138. The molecule has 0 amide bonds. The van der Waals surface area contributed by atoms with Crippen molar-refractivity contribution >= 4 is 5.97 Å². The SMILES string of the molecule is N#Cc1ccc(CC(C(=O)O)c2cnc[nH]2)cc1F. The Kier molecular flexibility index (Phi) is 3.57. The second-order valence-electron chi connectivity index (χ2n) is 4.03. The molecule has 2 N–H and O–H groups in total. The third-order valence-corrected chi connectivity index (χ3v) is 2.79. The Balaban J connectivity index is 2.26. The Hall–Kier alpha value is -2.68. The highest BCUT2D eigenvalue weighted by atomic mass is 19.1. The predicted octanol–water partition coefficient (Wildman–Crippen LogP) is 1.83. The second kappa shape index (κ2) is 5.31. The van der Waals surface area contributed by atoms with Crippen molar-refractivity contribution < 1.29 is 14.3 Å². The number of nitriles is 1. The summed E-state index contributed by atoms with van der Waals surface area (Å²) in [6.07, 6.45) is 2.95. The smallest absolute Gasteiger partial charge is 0.312 e. The molecule has 0 spiro atoms. The lowest BCUT2D eigenvalue weighted by Gasteiger charge is -2.10. The molecule has 0 radical (unpaired) electrons. The molecular weight excluding hydrogens is 249 g/mol. The third-order valence-electron chi connectivity index (χ3n) is 2.79. The van der Waals surface area contributed by atoms with Crippen LogP contribution in [0.5, 0.6) is 0 Å². The van der Waals surface area contributed by atoms with E-state index in [1.807, 2.05) is 0 Å². The van der Waals surface area contributed by atoms with E-state index in [0.717, 1.165) is 0 Å². The highest BCUT2D eigenvalue weighted by molar-refractivity contribution is 5.75. The van der Waals surface area contributed by atoms with Crippen molar-refractivity contribution in [3.05, 3.63) is 53.4 Å². The van der Waals surface area contributed by atoms with Gasteiger partial charge in [0, 0.05) is 11.9 Å². The first-order chi connectivity index (χ1) is 9.11. The average molecular weight is 259 g/mol. The maximum absolute atomic E-state index is 13.5. The Bertz CT molecular complexity index is 632. The molecule has 0 aliphatic rings. The predicted molar refractivity (Wildman–Crippen MR) is 63.8 cm³/mol. The summed E-state index contributed by atoms with van der Waals surface area (Å²) in [5, 5.41) is 17.8. The van der Waals surface area contributed by atoms with Crippen molar-refractivity contribution in [1.82, 2.24) is 9.97 Å². The Morgan fingerprint density at radius 2 is 2.37 bits per heavy atom. The standard InChI is InChI=1S/C13H10FN3O2/c14-11-4-8(1-2-9(11)5-15)3-10(13(18)19)12-6-16-7-17-12/h1-2,4,6-7,10H,3H2,(H,16,17)(H,18,19). The molecule has 2 aromatic rings. The molecule has 1 aromatic heterocycles. The maximum Gasteiger partial charge on any atom is 0.312 e. The topological polar surface area (TPSA) is 89.8 Å².